The van der Waals surface area contributed by atoms with E-state index < -0.39 is 0 Å². The summed E-state index contributed by atoms with van der Waals surface area (Å²) in [5.41, 5.74) is 0.866. The Kier molecular flexibility index (Phi) is 5.43. The van der Waals surface area contributed by atoms with Crippen LogP contribution in [-0.4, -0.2) is 16.9 Å². The van der Waals surface area contributed by atoms with Gasteiger partial charge in [0.2, 0.25) is 0 Å². The predicted octanol–water partition coefficient (Wildman–Crippen LogP) is 2.13. The molecule has 0 atom stereocenters. The van der Waals surface area contributed by atoms with Crippen molar-refractivity contribution < 1.29 is 0 Å². The molecule has 0 bridgehead atoms. The second-order valence-corrected chi connectivity index (χ2v) is 1.80. The molecule has 1 heterocycles. The van der Waals surface area contributed by atoms with Crippen LogP contribution in [-0.2, 0) is 0 Å². The molecule has 1 aromatic heterocycles. The van der Waals surface area contributed by atoms with Crippen LogP contribution >= 0.6 is 0 Å². The van der Waals surface area contributed by atoms with Gasteiger partial charge in [0, 0.05) is 24.2 Å². The molecular weight excluding hydrogens is 150 g/mol. The van der Waals surface area contributed by atoms with Crippen molar-refractivity contribution in [3.05, 3.63) is 30.1 Å². The third-order valence-electron chi connectivity index (χ3n) is 1.12. The average molecular weight is 163 g/mol. The van der Waals surface area contributed by atoms with Crippen LogP contribution in [0.3, 0.4) is 0 Å². The molecule has 0 spiro atoms. The molecule has 0 radical (unpaired) electrons. The Hall–Kier alpha value is -1.51. The highest BCUT2D eigenvalue weighted by Gasteiger charge is 1.93. The lowest BCUT2D eigenvalue weighted by Crippen LogP contribution is -1.98. The Morgan fingerprint density at radius 2 is 2.17 bits per heavy atom. The van der Waals surface area contributed by atoms with E-state index in [-0.39, 0.29) is 5.71 Å². The van der Waals surface area contributed by atoms with Gasteiger partial charge in [-0.15, -0.1) is 0 Å². The van der Waals surface area contributed by atoms with Gasteiger partial charge in [0.25, 0.3) is 0 Å². The summed E-state index contributed by atoms with van der Waals surface area (Å²) in [5, 5.41) is 14.0. The molecule has 0 aliphatic carbocycles. The van der Waals surface area contributed by atoms with Gasteiger partial charge in [-0.3, -0.25) is 10.4 Å². The lowest BCUT2D eigenvalue weighted by molar-refractivity contribution is 1.31. The maximum Gasteiger partial charge on any atom is 0.0803 e. The second kappa shape index (κ2) is 6.22. The van der Waals surface area contributed by atoms with Gasteiger partial charge in [-0.2, -0.15) is 0 Å². The fraction of sp³-hybridized carbons (Fsp3) is 0.222. The van der Waals surface area contributed by atoms with Crippen molar-refractivity contribution in [2.75, 3.05) is 0 Å². The summed E-state index contributed by atoms with van der Waals surface area (Å²) in [4.78, 5) is 3.81. The predicted molar refractivity (Wildman–Crippen MR) is 51.2 cm³/mol. The molecular formula is C9H13N3. The molecule has 64 valence electrons. The second-order valence-electron chi connectivity index (χ2n) is 1.80. The Labute approximate surface area is 72.5 Å². The minimum absolute atomic E-state index is 0.188. The van der Waals surface area contributed by atoms with E-state index in [9.17, 15) is 0 Å². The van der Waals surface area contributed by atoms with E-state index in [4.69, 9.17) is 10.8 Å². The monoisotopic (exact) mass is 163 g/mol. The lowest BCUT2D eigenvalue weighted by atomic mass is 10.2. The Morgan fingerprint density at radius 3 is 2.58 bits per heavy atom. The van der Waals surface area contributed by atoms with Crippen LogP contribution in [0, 0.1) is 10.8 Å². The van der Waals surface area contributed by atoms with Gasteiger partial charge >= 0.3 is 0 Å². The first-order valence-corrected chi connectivity index (χ1v) is 3.84. The van der Waals surface area contributed by atoms with E-state index >= 15 is 0 Å². The quantitative estimate of drug-likeness (QED) is 0.644. The number of nitrogens with zero attached hydrogens (tertiary/aromatic N) is 1. The van der Waals surface area contributed by atoms with Gasteiger partial charge in [0.1, 0.15) is 0 Å². The van der Waals surface area contributed by atoms with Crippen molar-refractivity contribution in [1.29, 1.82) is 10.8 Å². The van der Waals surface area contributed by atoms with Crippen molar-refractivity contribution in [1.82, 2.24) is 4.98 Å². The summed E-state index contributed by atoms with van der Waals surface area (Å²) in [6.07, 6.45) is 4.20. The van der Waals surface area contributed by atoms with Gasteiger partial charge in [-0.05, 0) is 12.1 Å². The fourth-order valence-electron chi connectivity index (χ4n) is 0.605. The summed E-state index contributed by atoms with van der Waals surface area (Å²) in [5.74, 6) is 0. The molecule has 12 heavy (non-hydrogen) atoms. The van der Waals surface area contributed by atoms with Crippen LogP contribution in [0.2, 0.25) is 0 Å². The molecule has 3 nitrogen and oxygen atoms in total. The number of rotatable bonds is 2. The van der Waals surface area contributed by atoms with Crippen LogP contribution in [0.4, 0.5) is 0 Å². The summed E-state index contributed by atoms with van der Waals surface area (Å²) < 4.78 is 0. The van der Waals surface area contributed by atoms with Gasteiger partial charge in [0.15, 0.2) is 0 Å². The summed E-state index contributed by atoms with van der Waals surface area (Å²) in [6, 6.07) is 3.49. The third-order valence-corrected chi connectivity index (χ3v) is 1.12. The lowest BCUT2D eigenvalue weighted by Gasteiger charge is -1.92. The van der Waals surface area contributed by atoms with E-state index in [1.807, 2.05) is 13.8 Å². The van der Waals surface area contributed by atoms with Crippen molar-refractivity contribution in [3.8, 4) is 0 Å². The molecule has 0 aliphatic rings. The highest BCUT2D eigenvalue weighted by Crippen LogP contribution is 1.93. The Morgan fingerprint density at radius 1 is 1.50 bits per heavy atom. The minimum Gasteiger partial charge on any atom is -0.307 e. The van der Waals surface area contributed by atoms with E-state index in [0.717, 1.165) is 6.21 Å². The Balaban J connectivity index is 0.000000561. The smallest absolute Gasteiger partial charge is 0.0803 e. The molecule has 3 heteroatoms. The molecule has 0 saturated carbocycles. The first-order valence-electron chi connectivity index (χ1n) is 3.84. The highest BCUT2D eigenvalue weighted by molar-refractivity contribution is 6.35. The highest BCUT2D eigenvalue weighted by atomic mass is 14.6. The molecule has 0 saturated heterocycles. The number of pyridine rings is 1. The first kappa shape index (κ1) is 10.5. The molecule has 2 N–H and O–H groups in total. The van der Waals surface area contributed by atoms with Crippen LogP contribution in [0.15, 0.2) is 24.5 Å². The summed E-state index contributed by atoms with van der Waals surface area (Å²) in [7, 11) is 0. The van der Waals surface area contributed by atoms with Crippen molar-refractivity contribution in [2.45, 2.75) is 13.8 Å². The van der Waals surface area contributed by atoms with E-state index in [0.29, 0.717) is 5.56 Å². The largest absolute Gasteiger partial charge is 0.307 e. The standard InChI is InChI=1S/C7H7N3.C2H6/c8-4-7(9)6-2-1-3-10-5-6;1-2/h1-5,8-9H;1-2H3. The molecule has 0 fully saturated rings. The van der Waals surface area contributed by atoms with Gasteiger partial charge in [-0.25, -0.2) is 0 Å². The maximum atomic E-state index is 7.20. The summed E-state index contributed by atoms with van der Waals surface area (Å²) in [6.45, 7) is 4.00. The van der Waals surface area contributed by atoms with E-state index in [1.165, 1.54) is 0 Å². The van der Waals surface area contributed by atoms with Crippen molar-refractivity contribution >= 4 is 11.9 Å². The van der Waals surface area contributed by atoms with Crippen LogP contribution in [0.1, 0.15) is 19.4 Å². The van der Waals surface area contributed by atoms with Crippen molar-refractivity contribution in [3.63, 3.8) is 0 Å². The number of hydrogen-bond acceptors (Lipinski definition) is 3. The summed E-state index contributed by atoms with van der Waals surface area (Å²) >= 11 is 0. The topological polar surface area (TPSA) is 60.6 Å². The zero-order valence-electron chi connectivity index (χ0n) is 7.33. The fourth-order valence-corrected chi connectivity index (χ4v) is 0.605. The SMILES string of the molecule is CC.N=CC(=N)c1cccnc1. The molecule has 1 aromatic rings. The normalized spacial score (nSPS) is 7.83. The van der Waals surface area contributed by atoms with E-state index in [1.54, 1.807) is 24.5 Å². The molecule has 0 aromatic carbocycles. The number of nitrogens with one attached hydrogen (secondary N) is 2. The van der Waals surface area contributed by atoms with Crippen LogP contribution in [0.25, 0.3) is 0 Å². The number of aromatic nitrogens is 1. The minimum atomic E-state index is 0.188. The van der Waals surface area contributed by atoms with Gasteiger partial charge in [-0.1, -0.05) is 13.8 Å². The molecule has 0 unspecified atom stereocenters. The number of hydrogen-bond donors (Lipinski definition) is 2. The average Bonchev–Trinajstić information content (AvgIpc) is 2.21. The molecule has 0 aliphatic heterocycles. The Bertz CT molecular complexity index is 241. The molecule has 0 amide bonds. The van der Waals surface area contributed by atoms with E-state index in [2.05, 4.69) is 4.98 Å². The zero-order valence-corrected chi connectivity index (χ0v) is 7.33. The third kappa shape index (κ3) is 3.05. The van der Waals surface area contributed by atoms with Crippen molar-refractivity contribution in [2.24, 2.45) is 0 Å². The first-order chi connectivity index (χ1) is 5.84. The van der Waals surface area contributed by atoms with Gasteiger partial charge < -0.3 is 5.41 Å². The van der Waals surface area contributed by atoms with Crippen LogP contribution in [0.5, 0.6) is 0 Å². The molecule has 1 rings (SSSR count). The van der Waals surface area contributed by atoms with Crippen LogP contribution < -0.4 is 0 Å². The zero-order chi connectivity index (χ0) is 9.40. The maximum absolute atomic E-state index is 7.20. The van der Waals surface area contributed by atoms with Gasteiger partial charge in [0.05, 0.1) is 5.71 Å².